The Morgan fingerprint density at radius 2 is 1.80 bits per heavy atom. The molecule has 0 unspecified atom stereocenters. The number of nitrogens with zero attached hydrogens (tertiary/aromatic N) is 1. The van der Waals surface area contributed by atoms with Gasteiger partial charge in [-0.1, -0.05) is 12.1 Å². The summed E-state index contributed by atoms with van der Waals surface area (Å²) in [7, 11) is -3.15. The van der Waals surface area contributed by atoms with Crippen molar-refractivity contribution < 1.29 is 18.0 Å². The Morgan fingerprint density at radius 3 is 2.40 bits per heavy atom. The van der Waals surface area contributed by atoms with Crippen LogP contribution in [-0.2, 0) is 19.6 Å². The number of carbonyl (C=O) groups excluding carboxylic acids is 2. The molecular formula is C17H25N3O4S. The third-order valence-corrected chi connectivity index (χ3v) is 5.96. The lowest BCUT2D eigenvalue weighted by Crippen LogP contribution is -2.43. The fourth-order valence-electron chi connectivity index (χ4n) is 2.83. The molecule has 1 fully saturated rings. The maximum atomic E-state index is 12.0. The molecule has 2 amide bonds. The molecule has 0 radical (unpaired) electrons. The van der Waals surface area contributed by atoms with E-state index >= 15 is 0 Å². The first kappa shape index (κ1) is 19.4. The van der Waals surface area contributed by atoms with Crippen molar-refractivity contribution in [1.29, 1.82) is 0 Å². The fraction of sp³-hybridized carbons (Fsp3) is 0.529. The molecule has 0 aliphatic carbocycles. The van der Waals surface area contributed by atoms with Crippen LogP contribution in [0.15, 0.2) is 18.2 Å². The van der Waals surface area contributed by atoms with Gasteiger partial charge in [0.15, 0.2) is 0 Å². The van der Waals surface area contributed by atoms with Crippen LogP contribution >= 0.6 is 0 Å². The average molecular weight is 367 g/mol. The van der Waals surface area contributed by atoms with Gasteiger partial charge < -0.3 is 10.6 Å². The first-order chi connectivity index (χ1) is 11.7. The Kier molecular flexibility index (Phi) is 6.18. The van der Waals surface area contributed by atoms with Gasteiger partial charge in [0.1, 0.15) is 0 Å². The smallest absolute Gasteiger partial charge is 0.313 e. The molecule has 8 heteroatoms. The number of sulfonamides is 1. The van der Waals surface area contributed by atoms with Gasteiger partial charge in [-0.15, -0.1) is 0 Å². The van der Waals surface area contributed by atoms with E-state index in [-0.39, 0.29) is 5.92 Å². The maximum Gasteiger partial charge on any atom is 0.313 e. The number of nitrogens with one attached hydrogen (secondary N) is 2. The summed E-state index contributed by atoms with van der Waals surface area (Å²) in [5, 5.41) is 5.27. The van der Waals surface area contributed by atoms with Crippen molar-refractivity contribution in [1.82, 2.24) is 9.62 Å². The van der Waals surface area contributed by atoms with Gasteiger partial charge in [0.2, 0.25) is 10.0 Å². The molecule has 25 heavy (non-hydrogen) atoms. The molecule has 0 spiro atoms. The van der Waals surface area contributed by atoms with Crippen LogP contribution in [0.4, 0.5) is 5.69 Å². The molecular weight excluding hydrogens is 342 g/mol. The van der Waals surface area contributed by atoms with E-state index in [1.165, 1.54) is 10.6 Å². The summed E-state index contributed by atoms with van der Waals surface area (Å²) in [5.74, 6) is -1.19. The lowest BCUT2D eigenvalue weighted by molar-refractivity contribution is -0.136. The predicted octanol–water partition coefficient (Wildman–Crippen LogP) is 1.03. The predicted molar refractivity (Wildman–Crippen MR) is 96.7 cm³/mol. The molecule has 7 nitrogen and oxygen atoms in total. The molecule has 1 saturated heterocycles. The number of carbonyl (C=O) groups is 2. The molecule has 0 saturated carbocycles. The van der Waals surface area contributed by atoms with Crippen LogP contribution in [0.2, 0.25) is 0 Å². The average Bonchev–Trinajstić information content (AvgIpc) is 2.56. The number of anilines is 1. The van der Waals surface area contributed by atoms with Gasteiger partial charge >= 0.3 is 11.8 Å². The summed E-state index contributed by atoms with van der Waals surface area (Å²) in [5.41, 5.74) is 2.59. The van der Waals surface area contributed by atoms with Crippen molar-refractivity contribution in [2.75, 3.05) is 31.2 Å². The van der Waals surface area contributed by atoms with E-state index in [9.17, 15) is 18.0 Å². The van der Waals surface area contributed by atoms with Crippen LogP contribution in [0.1, 0.15) is 24.0 Å². The monoisotopic (exact) mass is 367 g/mol. The normalized spacial score (nSPS) is 16.4. The lowest BCUT2D eigenvalue weighted by atomic mass is 9.98. The third-order valence-electron chi connectivity index (χ3n) is 4.65. The van der Waals surface area contributed by atoms with Crippen LogP contribution < -0.4 is 10.6 Å². The van der Waals surface area contributed by atoms with E-state index < -0.39 is 21.8 Å². The van der Waals surface area contributed by atoms with Gasteiger partial charge in [0, 0.05) is 25.3 Å². The number of hydrogen-bond donors (Lipinski definition) is 2. The molecule has 1 aliphatic heterocycles. The van der Waals surface area contributed by atoms with Crippen LogP contribution in [0.5, 0.6) is 0 Å². The van der Waals surface area contributed by atoms with Crippen LogP contribution in [0, 0.1) is 19.8 Å². The summed E-state index contributed by atoms with van der Waals surface area (Å²) in [6, 6.07) is 5.52. The molecule has 0 atom stereocenters. The highest BCUT2D eigenvalue weighted by Gasteiger charge is 2.25. The number of amides is 2. The van der Waals surface area contributed by atoms with Crippen molar-refractivity contribution in [2.45, 2.75) is 26.7 Å². The highest BCUT2D eigenvalue weighted by molar-refractivity contribution is 7.88. The topological polar surface area (TPSA) is 95.6 Å². The van der Waals surface area contributed by atoms with Crippen molar-refractivity contribution in [2.24, 2.45) is 5.92 Å². The number of rotatable bonds is 4. The van der Waals surface area contributed by atoms with E-state index in [1.807, 2.05) is 26.0 Å². The highest BCUT2D eigenvalue weighted by Crippen LogP contribution is 2.19. The van der Waals surface area contributed by atoms with Gasteiger partial charge in [-0.3, -0.25) is 9.59 Å². The van der Waals surface area contributed by atoms with Gasteiger partial charge in [0.05, 0.1) is 6.26 Å². The Balaban J connectivity index is 1.81. The number of aryl methyl sites for hydroxylation is 1. The largest absolute Gasteiger partial charge is 0.348 e. The summed E-state index contributed by atoms with van der Waals surface area (Å²) < 4.78 is 24.4. The summed E-state index contributed by atoms with van der Waals surface area (Å²) in [4.78, 5) is 24.0. The maximum absolute atomic E-state index is 12.0. The molecule has 1 heterocycles. The SMILES string of the molecule is Cc1cccc(NC(=O)C(=O)NCC2CCN(S(C)(=O)=O)CC2)c1C. The van der Waals surface area contributed by atoms with E-state index in [1.54, 1.807) is 6.07 Å². The Labute approximate surface area is 148 Å². The summed E-state index contributed by atoms with van der Waals surface area (Å²) in [6.07, 6.45) is 2.55. The summed E-state index contributed by atoms with van der Waals surface area (Å²) in [6.45, 7) is 5.10. The standard InChI is InChI=1S/C17H25N3O4S/c1-12-5-4-6-15(13(12)2)19-17(22)16(21)18-11-14-7-9-20(10-8-14)25(3,23)24/h4-6,14H,7-11H2,1-3H3,(H,18,21)(H,19,22). The van der Waals surface area contributed by atoms with Gasteiger partial charge in [-0.05, 0) is 49.8 Å². The lowest BCUT2D eigenvalue weighted by Gasteiger charge is -2.30. The zero-order chi connectivity index (χ0) is 18.6. The van der Waals surface area contributed by atoms with Crippen LogP contribution in [0.3, 0.4) is 0 Å². The molecule has 2 N–H and O–H groups in total. The highest BCUT2D eigenvalue weighted by atomic mass is 32.2. The Hall–Kier alpha value is -1.93. The zero-order valence-corrected chi connectivity index (χ0v) is 15.6. The van der Waals surface area contributed by atoms with Crippen molar-refractivity contribution in [3.63, 3.8) is 0 Å². The molecule has 1 aromatic rings. The van der Waals surface area contributed by atoms with E-state index in [0.717, 1.165) is 11.1 Å². The van der Waals surface area contributed by atoms with E-state index in [4.69, 9.17) is 0 Å². The molecule has 138 valence electrons. The van der Waals surface area contributed by atoms with Crippen molar-refractivity contribution in [3.05, 3.63) is 29.3 Å². The van der Waals surface area contributed by atoms with E-state index in [0.29, 0.717) is 38.2 Å². The van der Waals surface area contributed by atoms with Gasteiger partial charge in [0.25, 0.3) is 0 Å². The minimum Gasteiger partial charge on any atom is -0.348 e. The minimum absolute atomic E-state index is 0.176. The molecule has 2 rings (SSSR count). The van der Waals surface area contributed by atoms with Crippen molar-refractivity contribution >= 4 is 27.5 Å². The first-order valence-electron chi connectivity index (χ1n) is 8.29. The van der Waals surface area contributed by atoms with Crippen LogP contribution in [-0.4, -0.2) is 50.4 Å². The second-order valence-electron chi connectivity index (χ2n) is 6.52. The molecule has 1 aromatic carbocycles. The minimum atomic E-state index is -3.15. The molecule has 0 aromatic heterocycles. The van der Waals surface area contributed by atoms with Crippen molar-refractivity contribution in [3.8, 4) is 0 Å². The second kappa shape index (κ2) is 7.97. The number of piperidine rings is 1. The quantitative estimate of drug-likeness (QED) is 0.777. The zero-order valence-electron chi connectivity index (χ0n) is 14.8. The fourth-order valence-corrected chi connectivity index (χ4v) is 3.70. The molecule has 0 bridgehead atoms. The van der Waals surface area contributed by atoms with Crippen LogP contribution in [0.25, 0.3) is 0 Å². The first-order valence-corrected chi connectivity index (χ1v) is 10.1. The third kappa shape index (κ3) is 5.27. The van der Waals surface area contributed by atoms with Gasteiger partial charge in [-0.2, -0.15) is 0 Å². The number of benzene rings is 1. The Bertz CT molecular complexity index is 753. The number of hydrogen-bond acceptors (Lipinski definition) is 4. The van der Waals surface area contributed by atoms with Gasteiger partial charge in [-0.25, -0.2) is 12.7 Å². The summed E-state index contributed by atoms with van der Waals surface area (Å²) >= 11 is 0. The van der Waals surface area contributed by atoms with E-state index in [2.05, 4.69) is 10.6 Å². The Morgan fingerprint density at radius 1 is 1.16 bits per heavy atom. The molecule has 1 aliphatic rings. The second-order valence-corrected chi connectivity index (χ2v) is 8.50.